The first-order valence-corrected chi connectivity index (χ1v) is 7.78. The molecule has 19 heavy (non-hydrogen) atoms. The maximum atomic E-state index is 4.08. The predicted molar refractivity (Wildman–Crippen MR) is 75.8 cm³/mol. The third-order valence-corrected chi connectivity index (χ3v) is 5.46. The number of piperidine rings is 1. The van der Waals surface area contributed by atoms with Crippen molar-refractivity contribution in [1.82, 2.24) is 15.1 Å². The average Bonchev–Trinajstić information content (AvgIpc) is 3.17. The van der Waals surface area contributed by atoms with Crippen molar-refractivity contribution in [2.75, 3.05) is 19.6 Å². The number of likely N-dealkylation sites (tertiary alicyclic amines) is 1. The van der Waals surface area contributed by atoms with Crippen LogP contribution in [-0.2, 0) is 0 Å². The first-order chi connectivity index (χ1) is 9.38. The number of fused-ring (bicyclic) bond motifs is 2. The van der Waals surface area contributed by atoms with E-state index in [0.717, 1.165) is 17.8 Å². The molecule has 2 aliphatic carbocycles. The second-order valence-corrected chi connectivity index (χ2v) is 6.63. The number of allylic oxidation sites excluding steroid dienone is 2. The van der Waals surface area contributed by atoms with Crippen LogP contribution in [0.3, 0.4) is 0 Å². The van der Waals surface area contributed by atoms with Crippen LogP contribution in [0.1, 0.15) is 37.3 Å². The van der Waals surface area contributed by atoms with Crippen molar-refractivity contribution in [3.63, 3.8) is 0 Å². The molecule has 0 spiro atoms. The molecular weight excluding hydrogens is 234 g/mol. The van der Waals surface area contributed by atoms with Crippen molar-refractivity contribution in [1.29, 1.82) is 0 Å². The van der Waals surface area contributed by atoms with Gasteiger partial charge in [-0.3, -0.25) is 5.10 Å². The van der Waals surface area contributed by atoms with E-state index in [0.29, 0.717) is 5.92 Å². The molecule has 0 unspecified atom stereocenters. The Hall–Kier alpha value is -1.09. The summed E-state index contributed by atoms with van der Waals surface area (Å²) in [5.74, 6) is 3.46. The zero-order valence-corrected chi connectivity index (χ0v) is 11.5. The van der Waals surface area contributed by atoms with Gasteiger partial charge in [0.25, 0.3) is 0 Å². The highest BCUT2D eigenvalue weighted by Gasteiger charge is 2.36. The third-order valence-electron chi connectivity index (χ3n) is 5.46. The molecule has 3 heteroatoms. The van der Waals surface area contributed by atoms with Crippen LogP contribution in [0.5, 0.6) is 0 Å². The molecule has 1 aliphatic heterocycles. The summed E-state index contributed by atoms with van der Waals surface area (Å²) in [5, 5.41) is 7.22. The normalized spacial score (nSPS) is 35.3. The van der Waals surface area contributed by atoms with E-state index < -0.39 is 0 Å². The summed E-state index contributed by atoms with van der Waals surface area (Å²) < 4.78 is 0. The Morgan fingerprint density at radius 3 is 2.74 bits per heavy atom. The van der Waals surface area contributed by atoms with Gasteiger partial charge in [0, 0.05) is 24.4 Å². The molecule has 3 atom stereocenters. The minimum Gasteiger partial charge on any atom is -0.303 e. The largest absolute Gasteiger partial charge is 0.303 e. The molecule has 1 N–H and O–H groups in total. The van der Waals surface area contributed by atoms with E-state index in [1.807, 2.05) is 6.20 Å². The lowest BCUT2D eigenvalue weighted by atomic mass is 9.90. The van der Waals surface area contributed by atoms with Gasteiger partial charge in [0.05, 0.1) is 0 Å². The van der Waals surface area contributed by atoms with Gasteiger partial charge in [-0.1, -0.05) is 12.2 Å². The number of hydrogen-bond acceptors (Lipinski definition) is 2. The summed E-state index contributed by atoms with van der Waals surface area (Å²) in [5.41, 5.74) is 1.34. The van der Waals surface area contributed by atoms with Crippen LogP contribution in [-0.4, -0.2) is 34.7 Å². The standard InChI is InChI=1S/C16H23N3/c1-2-14-9-12(1)10-15(14)11-19-7-4-13(5-8-19)16-3-6-17-18-16/h1-3,6,12-15H,4-5,7-11H2,(H,17,18)/t12-,14-,15+/m0/s1. The molecule has 3 aliphatic rings. The van der Waals surface area contributed by atoms with E-state index >= 15 is 0 Å². The highest BCUT2D eigenvalue weighted by atomic mass is 15.1. The van der Waals surface area contributed by atoms with Gasteiger partial charge >= 0.3 is 0 Å². The van der Waals surface area contributed by atoms with Gasteiger partial charge in [0.1, 0.15) is 0 Å². The van der Waals surface area contributed by atoms with Gasteiger partial charge in [-0.25, -0.2) is 0 Å². The van der Waals surface area contributed by atoms with Gasteiger partial charge in [-0.15, -0.1) is 0 Å². The maximum Gasteiger partial charge on any atom is 0.0490 e. The minimum atomic E-state index is 0.707. The highest BCUT2D eigenvalue weighted by molar-refractivity contribution is 5.11. The Bertz CT molecular complexity index is 443. The molecule has 0 amide bonds. The zero-order chi connectivity index (χ0) is 12.7. The molecule has 1 saturated heterocycles. The van der Waals surface area contributed by atoms with Crippen LogP contribution in [0.15, 0.2) is 24.4 Å². The van der Waals surface area contributed by atoms with Crippen LogP contribution in [0.25, 0.3) is 0 Å². The van der Waals surface area contributed by atoms with Crippen molar-refractivity contribution in [2.45, 2.75) is 31.6 Å². The molecule has 2 bridgehead atoms. The smallest absolute Gasteiger partial charge is 0.0490 e. The Labute approximate surface area is 115 Å². The Morgan fingerprint density at radius 2 is 2.11 bits per heavy atom. The number of H-pyrrole nitrogens is 1. The van der Waals surface area contributed by atoms with Gasteiger partial charge in [-0.2, -0.15) is 5.10 Å². The number of hydrogen-bond donors (Lipinski definition) is 1. The number of rotatable bonds is 3. The minimum absolute atomic E-state index is 0.707. The third kappa shape index (κ3) is 2.25. The van der Waals surface area contributed by atoms with Crippen molar-refractivity contribution in [3.05, 3.63) is 30.1 Å². The summed E-state index contributed by atoms with van der Waals surface area (Å²) in [7, 11) is 0. The summed E-state index contributed by atoms with van der Waals surface area (Å²) >= 11 is 0. The second-order valence-electron chi connectivity index (χ2n) is 6.63. The zero-order valence-electron chi connectivity index (χ0n) is 11.5. The maximum absolute atomic E-state index is 4.08. The predicted octanol–water partition coefficient (Wildman–Crippen LogP) is 2.80. The van der Waals surface area contributed by atoms with Crippen LogP contribution >= 0.6 is 0 Å². The fourth-order valence-corrected chi connectivity index (χ4v) is 4.36. The molecule has 0 radical (unpaired) electrons. The molecule has 2 heterocycles. The number of aromatic amines is 1. The van der Waals surface area contributed by atoms with E-state index in [4.69, 9.17) is 0 Å². The van der Waals surface area contributed by atoms with Gasteiger partial charge in [0.15, 0.2) is 0 Å². The quantitative estimate of drug-likeness (QED) is 0.844. The van der Waals surface area contributed by atoms with E-state index in [9.17, 15) is 0 Å². The summed E-state index contributed by atoms with van der Waals surface area (Å²) in [6.07, 6.45) is 12.3. The molecule has 102 valence electrons. The molecule has 4 rings (SSSR count). The summed E-state index contributed by atoms with van der Waals surface area (Å²) in [6.45, 7) is 3.86. The summed E-state index contributed by atoms with van der Waals surface area (Å²) in [4.78, 5) is 2.70. The molecule has 3 nitrogen and oxygen atoms in total. The molecule has 1 aromatic heterocycles. The number of nitrogens with one attached hydrogen (secondary N) is 1. The highest BCUT2D eigenvalue weighted by Crippen LogP contribution is 2.44. The average molecular weight is 257 g/mol. The van der Waals surface area contributed by atoms with Crippen LogP contribution in [0.4, 0.5) is 0 Å². The van der Waals surface area contributed by atoms with E-state index in [1.165, 1.54) is 51.0 Å². The molecule has 1 aromatic rings. The lowest BCUT2D eigenvalue weighted by Crippen LogP contribution is -2.37. The Kier molecular flexibility index (Phi) is 2.95. The van der Waals surface area contributed by atoms with E-state index in [-0.39, 0.29) is 0 Å². The Morgan fingerprint density at radius 1 is 1.21 bits per heavy atom. The second kappa shape index (κ2) is 4.78. The molecular formula is C16H23N3. The lowest BCUT2D eigenvalue weighted by Gasteiger charge is -2.34. The van der Waals surface area contributed by atoms with Crippen molar-refractivity contribution < 1.29 is 0 Å². The summed E-state index contributed by atoms with van der Waals surface area (Å²) in [6, 6.07) is 2.14. The topological polar surface area (TPSA) is 31.9 Å². The fraction of sp³-hybridized carbons (Fsp3) is 0.688. The van der Waals surface area contributed by atoms with Gasteiger partial charge in [0.2, 0.25) is 0 Å². The lowest BCUT2D eigenvalue weighted by molar-refractivity contribution is 0.171. The molecule has 0 aromatic carbocycles. The van der Waals surface area contributed by atoms with Crippen LogP contribution < -0.4 is 0 Å². The van der Waals surface area contributed by atoms with Crippen LogP contribution in [0.2, 0.25) is 0 Å². The van der Waals surface area contributed by atoms with Crippen molar-refractivity contribution in [2.24, 2.45) is 17.8 Å². The number of aromatic nitrogens is 2. The SMILES string of the molecule is C1=C[C@H]2C[C@H]1C[C@@H]2CN1CCC(c2ccn[nH]2)CC1. The number of nitrogens with zero attached hydrogens (tertiary/aromatic N) is 2. The van der Waals surface area contributed by atoms with E-state index in [2.05, 4.69) is 33.3 Å². The monoisotopic (exact) mass is 257 g/mol. The first kappa shape index (κ1) is 11.7. The van der Waals surface area contributed by atoms with Crippen LogP contribution in [0, 0.1) is 17.8 Å². The van der Waals surface area contributed by atoms with E-state index in [1.54, 1.807) is 0 Å². The van der Waals surface area contributed by atoms with Gasteiger partial charge in [-0.05, 0) is 62.6 Å². The Balaban J connectivity index is 1.30. The van der Waals surface area contributed by atoms with Gasteiger partial charge < -0.3 is 4.90 Å². The molecule has 2 fully saturated rings. The van der Waals surface area contributed by atoms with Crippen molar-refractivity contribution in [3.8, 4) is 0 Å². The first-order valence-electron chi connectivity index (χ1n) is 7.78. The fourth-order valence-electron chi connectivity index (χ4n) is 4.36. The molecule has 1 saturated carbocycles. The van der Waals surface area contributed by atoms with Crippen molar-refractivity contribution >= 4 is 0 Å².